The van der Waals surface area contributed by atoms with Crippen LogP contribution in [-0.2, 0) is 12.5 Å². The third kappa shape index (κ3) is 6.46. The lowest BCUT2D eigenvalue weighted by molar-refractivity contribution is -0.187. The Hall–Kier alpha value is -2.62. The Morgan fingerprint density at radius 1 is 0.939 bits per heavy atom. The first-order chi connectivity index (χ1) is 15.7. The van der Waals surface area contributed by atoms with Gasteiger partial charge < -0.3 is 4.74 Å². The number of rotatable bonds is 9. The molecule has 0 N–H and O–H groups in total. The topological polar surface area (TPSA) is 33.0 Å². The summed E-state index contributed by atoms with van der Waals surface area (Å²) in [6, 6.07) is 5.68. The van der Waals surface area contributed by atoms with Crippen molar-refractivity contribution in [3.63, 3.8) is 0 Å². The van der Waals surface area contributed by atoms with Gasteiger partial charge in [-0.3, -0.25) is 0 Å². The number of benzene rings is 2. The Labute approximate surface area is 191 Å². The van der Waals surface area contributed by atoms with Crippen molar-refractivity contribution in [3.05, 3.63) is 64.5 Å². The maximum absolute atomic E-state index is 14.5. The number of alkyl halides is 2. The molecule has 1 saturated carbocycles. The van der Waals surface area contributed by atoms with Crippen LogP contribution in [0.25, 0.3) is 0 Å². The molecule has 2 aromatic rings. The SMILES string of the molecule is CCCC[C@H]1CC[C@H](CCc2ccc(C(F)(F)Oc3cc(F)c(C#N)c(F)c3)c(F)c2)CC1. The standard InChI is InChI=1S/C26H28F5NO/c1-2-3-4-17-5-7-18(8-6-17)9-10-19-11-12-22(25(29)13-19)26(30,31)33-20-14-23(27)21(16-32)24(28)15-20/h11-15,17-18H,2-10H2,1H3/t17-,18-. The van der Waals surface area contributed by atoms with Crippen molar-refractivity contribution in [1.29, 1.82) is 5.26 Å². The highest BCUT2D eigenvalue weighted by Gasteiger charge is 2.38. The third-order valence-corrected chi connectivity index (χ3v) is 6.49. The van der Waals surface area contributed by atoms with Gasteiger partial charge in [0.05, 0.1) is 5.56 Å². The third-order valence-electron chi connectivity index (χ3n) is 6.49. The fourth-order valence-electron chi connectivity index (χ4n) is 4.54. The lowest BCUT2D eigenvalue weighted by Gasteiger charge is -2.28. The van der Waals surface area contributed by atoms with E-state index >= 15 is 0 Å². The molecule has 0 radical (unpaired) electrons. The summed E-state index contributed by atoms with van der Waals surface area (Å²) in [6.07, 6.45) is 5.85. The quantitative estimate of drug-likeness (QED) is 0.351. The van der Waals surface area contributed by atoms with Gasteiger partial charge in [0.2, 0.25) is 0 Å². The van der Waals surface area contributed by atoms with Gasteiger partial charge in [0.25, 0.3) is 0 Å². The van der Waals surface area contributed by atoms with E-state index in [9.17, 15) is 22.0 Å². The molecule has 2 aromatic carbocycles. The van der Waals surface area contributed by atoms with Gasteiger partial charge in [0.1, 0.15) is 34.8 Å². The van der Waals surface area contributed by atoms with Crippen molar-refractivity contribution < 1.29 is 26.7 Å². The molecule has 7 heteroatoms. The average Bonchev–Trinajstić information content (AvgIpc) is 2.76. The predicted octanol–water partition coefficient (Wildman–Crippen LogP) is 8.03. The Balaban J connectivity index is 1.60. The molecule has 1 fully saturated rings. The van der Waals surface area contributed by atoms with Crippen LogP contribution in [0.5, 0.6) is 5.75 Å². The molecule has 0 atom stereocenters. The maximum Gasteiger partial charge on any atom is 0.429 e. The van der Waals surface area contributed by atoms with E-state index < -0.39 is 40.4 Å². The zero-order chi connectivity index (χ0) is 24.0. The van der Waals surface area contributed by atoms with Gasteiger partial charge in [-0.15, -0.1) is 0 Å². The lowest BCUT2D eigenvalue weighted by Crippen LogP contribution is -2.24. The number of halogens is 5. The van der Waals surface area contributed by atoms with E-state index in [1.807, 2.05) is 0 Å². The molecule has 0 saturated heterocycles. The maximum atomic E-state index is 14.5. The van der Waals surface area contributed by atoms with Gasteiger partial charge in [0.15, 0.2) is 0 Å². The van der Waals surface area contributed by atoms with Gasteiger partial charge in [-0.2, -0.15) is 14.0 Å². The second-order valence-electron chi connectivity index (χ2n) is 8.87. The van der Waals surface area contributed by atoms with Crippen LogP contribution in [0.1, 0.15) is 75.0 Å². The van der Waals surface area contributed by atoms with Crippen molar-refractivity contribution in [1.82, 2.24) is 0 Å². The minimum Gasteiger partial charge on any atom is -0.429 e. The van der Waals surface area contributed by atoms with Crippen molar-refractivity contribution in [2.45, 2.75) is 70.8 Å². The second kappa shape index (κ2) is 11.0. The van der Waals surface area contributed by atoms with E-state index in [0.717, 1.165) is 37.3 Å². The number of hydrogen-bond donors (Lipinski definition) is 0. The Morgan fingerprint density at radius 3 is 2.09 bits per heavy atom. The summed E-state index contributed by atoms with van der Waals surface area (Å²) < 4.78 is 75.3. The molecule has 0 aliphatic heterocycles. The molecular weight excluding hydrogens is 437 g/mol. The summed E-state index contributed by atoms with van der Waals surface area (Å²) in [6.45, 7) is 2.20. The van der Waals surface area contributed by atoms with Crippen LogP contribution in [0.3, 0.4) is 0 Å². The zero-order valence-corrected chi connectivity index (χ0v) is 18.7. The van der Waals surface area contributed by atoms with Gasteiger partial charge in [-0.1, -0.05) is 57.9 Å². The van der Waals surface area contributed by atoms with Crippen molar-refractivity contribution in [2.75, 3.05) is 0 Å². The largest absolute Gasteiger partial charge is 0.429 e. The highest BCUT2D eigenvalue weighted by molar-refractivity contribution is 5.38. The van der Waals surface area contributed by atoms with Gasteiger partial charge in [0, 0.05) is 12.1 Å². The molecule has 33 heavy (non-hydrogen) atoms. The smallest absolute Gasteiger partial charge is 0.429 e. The van der Waals surface area contributed by atoms with E-state index in [2.05, 4.69) is 11.7 Å². The molecule has 3 rings (SSSR count). The summed E-state index contributed by atoms with van der Waals surface area (Å²) in [4.78, 5) is 0. The molecule has 178 valence electrons. The van der Waals surface area contributed by atoms with E-state index in [1.54, 1.807) is 0 Å². The summed E-state index contributed by atoms with van der Waals surface area (Å²) in [5.74, 6) is -3.28. The van der Waals surface area contributed by atoms with E-state index in [4.69, 9.17) is 5.26 Å². The van der Waals surface area contributed by atoms with E-state index in [1.165, 1.54) is 44.2 Å². The number of unbranched alkanes of at least 4 members (excludes halogenated alkanes) is 1. The minimum absolute atomic E-state index is 0.471. The van der Waals surface area contributed by atoms with E-state index in [-0.39, 0.29) is 0 Å². The van der Waals surface area contributed by atoms with E-state index in [0.29, 0.717) is 30.0 Å². The van der Waals surface area contributed by atoms with Gasteiger partial charge >= 0.3 is 6.11 Å². The molecule has 0 aromatic heterocycles. The monoisotopic (exact) mass is 465 g/mol. The van der Waals surface area contributed by atoms with Crippen molar-refractivity contribution in [2.24, 2.45) is 11.8 Å². The fraction of sp³-hybridized carbons (Fsp3) is 0.500. The Kier molecular flexibility index (Phi) is 8.34. The number of nitriles is 1. The number of nitrogens with zero attached hydrogens (tertiary/aromatic N) is 1. The van der Waals surface area contributed by atoms with Crippen LogP contribution < -0.4 is 4.74 Å². The molecule has 0 unspecified atom stereocenters. The molecule has 2 nitrogen and oxygen atoms in total. The van der Waals surface area contributed by atoms with Crippen LogP contribution in [0, 0.1) is 40.6 Å². The molecule has 0 amide bonds. The molecule has 0 heterocycles. The Bertz CT molecular complexity index is 970. The minimum atomic E-state index is -4.15. The summed E-state index contributed by atoms with van der Waals surface area (Å²) in [5.41, 5.74) is -1.31. The highest BCUT2D eigenvalue weighted by atomic mass is 19.3. The summed E-state index contributed by atoms with van der Waals surface area (Å²) in [7, 11) is 0. The number of hydrogen-bond acceptors (Lipinski definition) is 2. The molecule has 1 aliphatic carbocycles. The van der Waals surface area contributed by atoms with Gasteiger partial charge in [-0.05, 0) is 42.4 Å². The van der Waals surface area contributed by atoms with Crippen molar-refractivity contribution >= 4 is 0 Å². The average molecular weight is 466 g/mol. The second-order valence-corrected chi connectivity index (χ2v) is 8.87. The normalized spacial score (nSPS) is 18.7. The lowest BCUT2D eigenvalue weighted by atomic mass is 9.78. The summed E-state index contributed by atoms with van der Waals surface area (Å²) in [5, 5.41) is 8.66. The number of aryl methyl sites for hydroxylation is 1. The van der Waals surface area contributed by atoms with Crippen LogP contribution >= 0.6 is 0 Å². The first kappa shape index (κ1) is 25.0. The molecule has 1 aliphatic rings. The molecule has 0 bridgehead atoms. The van der Waals surface area contributed by atoms with Crippen LogP contribution in [-0.4, -0.2) is 0 Å². The predicted molar refractivity (Wildman–Crippen MR) is 115 cm³/mol. The zero-order valence-electron chi connectivity index (χ0n) is 18.7. The van der Waals surface area contributed by atoms with Crippen LogP contribution in [0.4, 0.5) is 22.0 Å². The van der Waals surface area contributed by atoms with Crippen LogP contribution in [0.2, 0.25) is 0 Å². The van der Waals surface area contributed by atoms with Crippen LogP contribution in [0.15, 0.2) is 30.3 Å². The fourth-order valence-corrected chi connectivity index (χ4v) is 4.54. The Morgan fingerprint density at radius 2 is 1.55 bits per heavy atom. The number of ether oxygens (including phenoxy) is 1. The van der Waals surface area contributed by atoms with Crippen molar-refractivity contribution in [3.8, 4) is 11.8 Å². The van der Waals surface area contributed by atoms with Gasteiger partial charge in [-0.25, -0.2) is 13.2 Å². The molecule has 0 spiro atoms. The highest BCUT2D eigenvalue weighted by Crippen LogP contribution is 2.36. The first-order valence-corrected chi connectivity index (χ1v) is 11.5. The summed E-state index contributed by atoms with van der Waals surface area (Å²) >= 11 is 0. The first-order valence-electron chi connectivity index (χ1n) is 11.5. The molecular formula is C26H28F5NO.